The third kappa shape index (κ3) is 11.3. The van der Waals surface area contributed by atoms with Crippen molar-refractivity contribution in [2.24, 2.45) is 0 Å². The molecule has 0 fully saturated rings. The lowest BCUT2D eigenvalue weighted by molar-refractivity contribution is 0.277. The molecule has 0 radical (unpaired) electrons. The van der Waals surface area contributed by atoms with Gasteiger partial charge in [-0.3, -0.25) is 0 Å². The average Bonchev–Trinajstić information content (AvgIpc) is 2.64. The first kappa shape index (κ1) is 25.9. The molecule has 0 aliphatic heterocycles. The summed E-state index contributed by atoms with van der Waals surface area (Å²) in [6, 6.07) is 16.6. The normalized spacial score (nSPS) is 9.77. The largest absolute Gasteiger partial charge is 0.398 e. The number of rotatable bonds is 2. The number of benzene rings is 2. The number of ether oxygens (including phenoxy) is 1. The summed E-state index contributed by atoms with van der Waals surface area (Å²) in [5, 5.41) is 0. The van der Waals surface area contributed by atoms with Crippen LogP contribution in [0.2, 0.25) is 0 Å². The molecule has 0 saturated heterocycles. The van der Waals surface area contributed by atoms with E-state index in [-0.39, 0.29) is 0 Å². The van der Waals surface area contributed by atoms with Crippen molar-refractivity contribution < 1.29 is 4.74 Å². The molecule has 2 N–H and O–H groups in total. The fourth-order valence-corrected chi connectivity index (χ4v) is 1.99. The van der Waals surface area contributed by atoms with Gasteiger partial charge >= 0.3 is 0 Å². The van der Waals surface area contributed by atoms with E-state index in [9.17, 15) is 0 Å². The Morgan fingerprint density at radius 1 is 1.04 bits per heavy atom. The van der Waals surface area contributed by atoms with Crippen molar-refractivity contribution in [1.29, 1.82) is 0 Å². The summed E-state index contributed by atoms with van der Waals surface area (Å²) in [6.45, 7) is 16.6. The highest BCUT2D eigenvalue weighted by molar-refractivity contribution is 5.74. The lowest BCUT2D eigenvalue weighted by Gasteiger charge is -2.10. The molecule has 0 aliphatic rings. The number of hydrogen-bond acceptors (Lipinski definition) is 2. The summed E-state index contributed by atoms with van der Waals surface area (Å²) >= 11 is 0. The van der Waals surface area contributed by atoms with Gasteiger partial charge in [-0.1, -0.05) is 68.0 Å². The van der Waals surface area contributed by atoms with E-state index in [0.29, 0.717) is 5.92 Å². The molecule has 0 unspecified atom stereocenters. The predicted octanol–water partition coefficient (Wildman–Crippen LogP) is 6.88. The van der Waals surface area contributed by atoms with Crippen LogP contribution in [0.1, 0.15) is 50.3 Å². The van der Waals surface area contributed by atoms with Gasteiger partial charge in [0.15, 0.2) is 0 Å². The number of nitrogen functional groups attached to an aromatic ring is 1. The highest BCUT2D eigenvalue weighted by Gasteiger charge is 2.04. The molecule has 0 aliphatic carbocycles. The number of methoxy groups -OCH3 is 1. The van der Waals surface area contributed by atoms with E-state index >= 15 is 0 Å². The van der Waals surface area contributed by atoms with Crippen LogP contribution in [0.15, 0.2) is 67.8 Å². The van der Waals surface area contributed by atoms with Crippen molar-refractivity contribution in [2.45, 2.75) is 40.5 Å². The Morgan fingerprint density at radius 3 is 1.85 bits per heavy atom. The molecule has 2 nitrogen and oxygen atoms in total. The molecule has 26 heavy (non-hydrogen) atoms. The second-order valence-corrected chi connectivity index (χ2v) is 6.04. The van der Waals surface area contributed by atoms with Crippen LogP contribution >= 0.6 is 0 Å². The predicted molar refractivity (Wildman–Crippen MR) is 120 cm³/mol. The minimum atomic E-state index is 0.539. The molecule has 0 amide bonds. The zero-order valence-corrected chi connectivity index (χ0v) is 17.7. The Labute approximate surface area is 161 Å². The lowest BCUT2D eigenvalue weighted by Crippen LogP contribution is -1.95. The van der Waals surface area contributed by atoms with E-state index < -0.39 is 0 Å². The first-order valence-corrected chi connectivity index (χ1v) is 8.81. The monoisotopic (exact) mass is 355 g/mol. The van der Waals surface area contributed by atoms with Crippen LogP contribution in [0, 0.1) is 6.92 Å². The highest BCUT2D eigenvalue weighted by Crippen LogP contribution is 2.25. The summed E-state index contributed by atoms with van der Waals surface area (Å²) in [7, 11) is 3.25. The maximum Gasteiger partial charge on any atom is 0.0393 e. The van der Waals surface area contributed by atoms with Crippen molar-refractivity contribution in [2.75, 3.05) is 20.0 Å². The summed E-state index contributed by atoms with van der Waals surface area (Å²) in [5.41, 5.74) is 11.9. The number of anilines is 1. The standard InChI is InChI=1S/C13H19N.C7H8.C2H6O.C2H4/c1-5-10(4)12-7-6-11(9(2)3)8-13(12)14;1-7-5-3-2-4-6-7;1-3-2;1-2/h5-9H,14H2,1-4H3;2-6H,1H3;1-2H3;1-2H2/b10-5-;;;. The van der Waals surface area contributed by atoms with Crippen LogP contribution in [0.4, 0.5) is 5.69 Å². The number of allylic oxidation sites excluding steroid dienone is 2. The zero-order valence-electron chi connectivity index (χ0n) is 17.7. The summed E-state index contributed by atoms with van der Waals surface area (Å²) in [4.78, 5) is 0. The van der Waals surface area contributed by atoms with E-state index in [4.69, 9.17) is 5.73 Å². The van der Waals surface area contributed by atoms with Gasteiger partial charge in [-0.15, -0.1) is 13.2 Å². The van der Waals surface area contributed by atoms with Crippen molar-refractivity contribution >= 4 is 11.3 Å². The van der Waals surface area contributed by atoms with Crippen LogP contribution in [-0.4, -0.2) is 14.2 Å². The SMILES string of the molecule is C/C=C(/C)c1ccc(C(C)C)cc1N.C=C.COC.Cc1ccccc1. The van der Waals surface area contributed by atoms with Gasteiger partial charge in [-0.25, -0.2) is 0 Å². The van der Waals surface area contributed by atoms with Crippen molar-refractivity contribution in [3.8, 4) is 0 Å². The summed E-state index contributed by atoms with van der Waals surface area (Å²) < 4.78 is 4.25. The molecule has 0 bridgehead atoms. The second kappa shape index (κ2) is 16.2. The van der Waals surface area contributed by atoms with E-state index in [1.165, 1.54) is 16.7 Å². The van der Waals surface area contributed by atoms with Gasteiger partial charge in [0.05, 0.1) is 0 Å². The molecule has 0 spiro atoms. The molecule has 0 heterocycles. The fourth-order valence-electron chi connectivity index (χ4n) is 1.99. The van der Waals surface area contributed by atoms with Gasteiger partial charge < -0.3 is 10.5 Å². The zero-order chi connectivity index (χ0) is 20.5. The Balaban J connectivity index is 0. The molecule has 2 rings (SSSR count). The second-order valence-electron chi connectivity index (χ2n) is 6.04. The van der Waals surface area contributed by atoms with Gasteiger partial charge in [0.2, 0.25) is 0 Å². The van der Waals surface area contributed by atoms with Crippen LogP contribution < -0.4 is 5.73 Å². The van der Waals surface area contributed by atoms with Gasteiger partial charge in [-0.2, -0.15) is 0 Å². The molecule has 0 atom stereocenters. The van der Waals surface area contributed by atoms with Gasteiger partial charge in [0.25, 0.3) is 0 Å². The van der Waals surface area contributed by atoms with Gasteiger partial charge in [0.1, 0.15) is 0 Å². The topological polar surface area (TPSA) is 35.2 Å². The number of aryl methyl sites for hydroxylation is 1. The summed E-state index contributed by atoms with van der Waals surface area (Å²) in [6.07, 6.45) is 2.08. The molecule has 0 aromatic heterocycles. The van der Waals surface area contributed by atoms with Crippen molar-refractivity contribution in [3.05, 3.63) is 84.5 Å². The van der Waals surface area contributed by atoms with E-state index in [1.54, 1.807) is 14.2 Å². The van der Waals surface area contributed by atoms with Crippen molar-refractivity contribution in [3.63, 3.8) is 0 Å². The van der Waals surface area contributed by atoms with E-state index in [0.717, 1.165) is 11.3 Å². The van der Waals surface area contributed by atoms with Crippen LogP contribution in [-0.2, 0) is 4.74 Å². The first-order valence-electron chi connectivity index (χ1n) is 8.81. The molecule has 144 valence electrons. The maximum absolute atomic E-state index is 5.99. The van der Waals surface area contributed by atoms with Gasteiger partial charge in [-0.05, 0) is 49.5 Å². The molecule has 2 aromatic rings. The molecule has 2 aromatic carbocycles. The molecule has 2 heteroatoms. The van der Waals surface area contributed by atoms with Crippen LogP contribution in [0.25, 0.3) is 5.57 Å². The lowest BCUT2D eigenvalue weighted by atomic mass is 9.97. The Bertz CT molecular complexity index is 615. The maximum atomic E-state index is 5.99. The third-order valence-electron chi connectivity index (χ3n) is 3.54. The number of hydrogen-bond donors (Lipinski definition) is 1. The minimum Gasteiger partial charge on any atom is -0.398 e. The van der Waals surface area contributed by atoms with Gasteiger partial charge in [0, 0.05) is 19.9 Å². The smallest absolute Gasteiger partial charge is 0.0393 e. The Kier molecular flexibility index (Phi) is 16.1. The third-order valence-corrected chi connectivity index (χ3v) is 3.54. The average molecular weight is 356 g/mol. The quantitative estimate of drug-likeness (QED) is 0.471. The molecular weight excluding hydrogens is 318 g/mol. The van der Waals surface area contributed by atoms with E-state index in [2.05, 4.69) is 82.0 Å². The van der Waals surface area contributed by atoms with Crippen LogP contribution in [0.3, 0.4) is 0 Å². The van der Waals surface area contributed by atoms with E-state index in [1.807, 2.05) is 25.1 Å². The van der Waals surface area contributed by atoms with Crippen molar-refractivity contribution in [1.82, 2.24) is 0 Å². The number of nitrogens with two attached hydrogens (primary N) is 1. The molecular formula is C24H37NO. The first-order chi connectivity index (χ1) is 12.4. The minimum absolute atomic E-state index is 0.539. The Hall–Kier alpha value is -2.32. The highest BCUT2D eigenvalue weighted by atomic mass is 16.4. The fraction of sp³-hybridized carbons (Fsp3) is 0.333. The summed E-state index contributed by atoms with van der Waals surface area (Å²) in [5.74, 6) is 0.539. The Morgan fingerprint density at radius 2 is 1.54 bits per heavy atom. The molecule has 0 saturated carbocycles. The van der Waals surface area contributed by atoms with Crippen LogP contribution in [0.5, 0.6) is 0 Å².